The Hall–Kier alpha value is -1.58. The van der Waals surface area contributed by atoms with Crippen LogP contribution >= 0.6 is 0 Å². The molecule has 1 saturated heterocycles. The van der Waals surface area contributed by atoms with E-state index in [2.05, 4.69) is 10.2 Å². The summed E-state index contributed by atoms with van der Waals surface area (Å²) in [6.07, 6.45) is -4.93. The van der Waals surface area contributed by atoms with Crippen LogP contribution in [0, 0.1) is 11.3 Å². The van der Waals surface area contributed by atoms with Gasteiger partial charge in [0.15, 0.2) is 0 Å². The average Bonchev–Trinajstić information content (AvgIpc) is 2.48. The minimum absolute atomic E-state index is 0.0262. The fourth-order valence-corrected chi connectivity index (χ4v) is 2.67. The van der Waals surface area contributed by atoms with Crippen LogP contribution in [0.2, 0.25) is 0 Å². The number of nitrogens with one attached hydrogen (secondary N) is 1. The molecule has 0 bridgehead atoms. The molecule has 0 radical (unpaired) electrons. The van der Waals surface area contributed by atoms with Gasteiger partial charge in [0.2, 0.25) is 0 Å². The van der Waals surface area contributed by atoms with E-state index in [9.17, 15) is 13.2 Å². The number of nitrogens with zero attached hydrogens (tertiary/aromatic N) is 2. The summed E-state index contributed by atoms with van der Waals surface area (Å²) in [5, 5.41) is 12.2. The van der Waals surface area contributed by atoms with Crippen molar-refractivity contribution in [3.05, 3.63) is 35.4 Å². The molecule has 0 aliphatic carbocycles. The molecule has 6 heteroatoms. The molecular weight excluding hydrogens is 279 g/mol. The van der Waals surface area contributed by atoms with E-state index in [4.69, 9.17) is 5.26 Å². The molecule has 1 fully saturated rings. The standard InChI is InChI=1S/C15H18F3N3/c16-15(17,18)5-4-14(21-8-6-20-7-9-21)13-3-1-2-12(10-13)11-19/h1-3,10,14,20H,4-9H2/t14-/m1/s1. The summed E-state index contributed by atoms with van der Waals surface area (Å²) < 4.78 is 37.7. The maximum Gasteiger partial charge on any atom is 0.389 e. The second-order valence-electron chi connectivity index (χ2n) is 5.19. The molecule has 0 unspecified atom stereocenters. The van der Waals surface area contributed by atoms with E-state index in [0.29, 0.717) is 5.56 Å². The van der Waals surface area contributed by atoms with Crippen molar-refractivity contribution in [2.45, 2.75) is 25.1 Å². The van der Waals surface area contributed by atoms with Gasteiger partial charge in [0.25, 0.3) is 0 Å². The van der Waals surface area contributed by atoms with Gasteiger partial charge < -0.3 is 5.32 Å². The molecule has 1 aromatic rings. The first-order chi connectivity index (χ1) is 9.99. The number of benzene rings is 1. The third kappa shape index (κ3) is 4.73. The molecule has 1 atom stereocenters. The number of halogens is 3. The van der Waals surface area contributed by atoms with Crippen LogP contribution in [-0.2, 0) is 0 Å². The van der Waals surface area contributed by atoms with Gasteiger partial charge in [0, 0.05) is 38.6 Å². The van der Waals surface area contributed by atoms with E-state index in [-0.39, 0.29) is 12.5 Å². The Morgan fingerprint density at radius 1 is 1.29 bits per heavy atom. The number of rotatable bonds is 4. The van der Waals surface area contributed by atoms with Crippen molar-refractivity contribution in [2.24, 2.45) is 0 Å². The lowest BCUT2D eigenvalue weighted by atomic mass is 9.97. The highest BCUT2D eigenvalue weighted by Crippen LogP contribution is 2.32. The molecule has 21 heavy (non-hydrogen) atoms. The monoisotopic (exact) mass is 297 g/mol. The molecule has 0 aromatic heterocycles. The lowest BCUT2D eigenvalue weighted by Gasteiger charge is -2.35. The second-order valence-corrected chi connectivity index (χ2v) is 5.19. The fourth-order valence-electron chi connectivity index (χ4n) is 2.67. The van der Waals surface area contributed by atoms with Crippen LogP contribution in [0.4, 0.5) is 13.2 Å². The molecule has 2 rings (SSSR count). The second kappa shape index (κ2) is 6.92. The van der Waals surface area contributed by atoms with E-state index < -0.39 is 12.6 Å². The van der Waals surface area contributed by atoms with Crippen molar-refractivity contribution in [3.63, 3.8) is 0 Å². The van der Waals surface area contributed by atoms with E-state index >= 15 is 0 Å². The van der Waals surface area contributed by atoms with E-state index in [1.807, 2.05) is 12.1 Å². The van der Waals surface area contributed by atoms with Gasteiger partial charge in [0.1, 0.15) is 0 Å². The highest BCUT2D eigenvalue weighted by Gasteiger charge is 2.31. The summed E-state index contributed by atoms with van der Waals surface area (Å²) in [5.74, 6) is 0. The summed E-state index contributed by atoms with van der Waals surface area (Å²) in [5.41, 5.74) is 1.28. The quantitative estimate of drug-likeness (QED) is 0.929. The molecule has 1 aliphatic rings. The Bertz CT molecular complexity index is 502. The molecular formula is C15H18F3N3. The lowest BCUT2D eigenvalue weighted by Crippen LogP contribution is -2.45. The van der Waals surface area contributed by atoms with Gasteiger partial charge in [-0.15, -0.1) is 0 Å². The number of piperazine rings is 1. The highest BCUT2D eigenvalue weighted by atomic mass is 19.4. The first-order valence-electron chi connectivity index (χ1n) is 7.01. The van der Waals surface area contributed by atoms with Gasteiger partial charge in [-0.3, -0.25) is 4.90 Å². The van der Waals surface area contributed by atoms with E-state index in [1.165, 1.54) is 0 Å². The lowest BCUT2D eigenvalue weighted by molar-refractivity contribution is -0.138. The van der Waals surface area contributed by atoms with Gasteiger partial charge in [0.05, 0.1) is 11.6 Å². The smallest absolute Gasteiger partial charge is 0.314 e. The zero-order valence-electron chi connectivity index (χ0n) is 11.7. The Balaban J connectivity index is 2.19. The third-order valence-electron chi connectivity index (χ3n) is 3.69. The minimum atomic E-state index is -4.15. The molecule has 3 nitrogen and oxygen atoms in total. The van der Waals surface area contributed by atoms with Crippen LogP contribution in [0.1, 0.15) is 30.0 Å². The Morgan fingerprint density at radius 2 is 2.00 bits per heavy atom. The molecule has 0 saturated carbocycles. The number of hydrogen-bond donors (Lipinski definition) is 1. The number of hydrogen-bond acceptors (Lipinski definition) is 3. The summed E-state index contributed by atoms with van der Waals surface area (Å²) >= 11 is 0. The van der Waals surface area contributed by atoms with Crippen LogP contribution in [0.5, 0.6) is 0 Å². The van der Waals surface area contributed by atoms with Gasteiger partial charge in [-0.2, -0.15) is 18.4 Å². The normalized spacial score (nSPS) is 18.2. The van der Waals surface area contributed by atoms with Crippen LogP contribution < -0.4 is 5.32 Å². The number of alkyl halides is 3. The van der Waals surface area contributed by atoms with Crippen molar-refractivity contribution < 1.29 is 13.2 Å². The molecule has 114 valence electrons. The van der Waals surface area contributed by atoms with Crippen LogP contribution in [0.15, 0.2) is 24.3 Å². The predicted octanol–water partition coefficient (Wildman–Crippen LogP) is 2.85. The molecule has 0 spiro atoms. The largest absolute Gasteiger partial charge is 0.389 e. The van der Waals surface area contributed by atoms with Crippen molar-refractivity contribution in [1.29, 1.82) is 5.26 Å². The fraction of sp³-hybridized carbons (Fsp3) is 0.533. The summed E-state index contributed by atoms with van der Waals surface area (Å²) in [4.78, 5) is 2.07. The van der Waals surface area contributed by atoms with Gasteiger partial charge >= 0.3 is 6.18 Å². The third-order valence-corrected chi connectivity index (χ3v) is 3.69. The zero-order valence-corrected chi connectivity index (χ0v) is 11.7. The SMILES string of the molecule is N#Cc1cccc([C@@H](CCC(F)(F)F)N2CCNCC2)c1. The minimum Gasteiger partial charge on any atom is -0.314 e. The summed E-state index contributed by atoms with van der Waals surface area (Å²) in [6, 6.07) is 8.66. The van der Waals surface area contributed by atoms with E-state index in [0.717, 1.165) is 31.7 Å². The molecule has 1 heterocycles. The Morgan fingerprint density at radius 3 is 2.62 bits per heavy atom. The van der Waals surface area contributed by atoms with Crippen LogP contribution in [0.25, 0.3) is 0 Å². The molecule has 0 amide bonds. The van der Waals surface area contributed by atoms with Crippen LogP contribution in [0.3, 0.4) is 0 Å². The van der Waals surface area contributed by atoms with Gasteiger partial charge in [-0.25, -0.2) is 0 Å². The van der Waals surface area contributed by atoms with Crippen molar-refractivity contribution in [2.75, 3.05) is 26.2 Å². The highest BCUT2D eigenvalue weighted by molar-refractivity contribution is 5.34. The maximum atomic E-state index is 12.6. The molecule has 1 N–H and O–H groups in total. The Kier molecular flexibility index (Phi) is 5.21. The zero-order chi connectivity index (χ0) is 15.3. The van der Waals surface area contributed by atoms with E-state index in [1.54, 1.807) is 18.2 Å². The molecule has 1 aromatic carbocycles. The van der Waals surface area contributed by atoms with Crippen LogP contribution in [-0.4, -0.2) is 37.3 Å². The van der Waals surface area contributed by atoms with Crippen molar-refractivity contribution >= 4 is 0 Å². The predicted molar refractivity (Wildman–Crippen MR) is 73.6 cm³/mol. The number of nitriles is 1. The first kappa shape index (κ1) is 15.8. The Labute approximate surface area is 122 Å². The van der Waals surface area contributed by atoms with Gasteiger partial charge in [-0.05, 0) is 24.1 Å². The molecule has 1 aliphatic heterocycles. The maximum absolute atomic E-state index is 12.6. The summed E-state index contributed by atoms with van der Waals surface area (Å²) in [6.45, 7) is 3.00. The van der Waals surface area contributed by atoms with Crippen molar-refractivity contribution in [3.8, 4) is 6.07 Å². The van der Waals surface area contributed by atoms with Crippen molar-refractivity contribution in [1.82, 2.24) is 10.2 Å². The average molecular weight is 297 g/mol. The first-order valence-corrected chi connectivity index (χ1v) is 7.01. The van der Waals surface area contributed by atoms with Gasteiger partial charge in [-0.1, -0.05) is 12.1 Å². The topological polar surface area (TPSA) is 39.1 Å². The summed E-state index contributed by atoms with van der Waals surface area (Å²) in [7, 11) is 0.